The second-order valence-corrected chi connectivity index (χ2v) is 6.74. The fourth-order valence-corrected chi connectivity index (χ4v) is 3.30. The zero-order valence-corrected chi connectivity index (χ0v) is 15.6. The van der Waals surface area contributed by atoms with Crippen LogP contribution in [0.15, 0.2) is 42.5 Å². The number of nitrogens with zero attached hydrogens (tertiary/aromatic N) is 2. The zero-order valence-electron chi connectivity index (χ0n) is 15.6. The van der Waals surface area contributed by atoms with Crippen LogP contribution in [0.5, 0.6) is 11.5 Å². The first-order valence-corrected chi connectivity index (χ1v) is 9.26. The number of hydrogen-bond donors (Lipinski definition) is 1. The fourth-order valence-electron chi connectivity index (χ4n) is 3.30. The predicted octanol–water partition coefficient (Wildman–Crippen LogP) is 3.10. The van der Waals surface area contributed by atoms with Crippen LogP contribution >= 0.6 is 0 Å². The smallest absolute Gasteiger partial charge is 0.267 e. The minimum atomic E-state index is -0.613. The molecule has 6 heteroatoms. The van der Waals surface area contributed by atoms with Gasteiger partial charge in [-0.1, -0.05) is 18.2 Å². The molecule has 6 nitrogen and oxygen atoms in total. The highest BCUT2D eigenvalue weighted by molar-refractivity contribution is 5.82. The number of H-pyrrole nitrogens is 1. The van der Waals surface area contributed by atoms with Crippen LogP contribution in [0.1, 0.15) is 18.3 Å². The average Bonchev–Trinajstić information content (AvgIpc) is 3.09. The van der Waals surface area contributed by atoms with Crippen molar-refractivity contribution in [1.29, 1.82) is 0 Å². The van der Waals surface area contributed by atoms with E-state index in [1.807, 2.05) is 43.3 Å². The summed E-state index contributed by atoms with van der Waals surface area (Å²) in [4.78, 5) is 22.6. The van der Waals surface area contributed by atoms with E-state index >= 15 is 0 Å². The summed E-state index contributed by atoms with van der Waals surface area (Å²) >= 11 is 0. The number of carbonyl (C=O) groups excluding carboxylic acids is 1. The largest absolute Gasteiger partial charge is 0.485 e. The van der Waals surface area contributed by atoms with E-state index in [4.69, 9.17) is 9.47 Å². The van der Waals surface area contributed by atoms with Crippen molar-refractivity contribution in [2.24, 2.45) is 0 Å². The van der Waals surface area contributed by atoms with E-state index in [9.17, 15) is 4.79 Å². The number of carbonyl (C=O) groups is 1. The summed E-state index contributed by atoms with van der Waals surface area (Å²) in [5.74, 6) is 2.12. The summed E-state index contributed by atoms with van der Waals surface area (Å²) in [6.45, 7) is 5.45. The third-order valence-electron chi connectivity index (χ3n) is 4.78. The van der Waals surface area contributed by atoms with Crippen LogP contribution in [0.3, 0.4) is 0 Å². The highest BCUT2D eigenvalue weighted by atomic mass is 16.6. The normalized spacial score (nSPS) is 15.7. The van der Waals surface area contributed by atoms with Crippen molar-refractivity contribution in [3.05, 3.63) is 53.9 Å². The first-order chi connectivity index (χ1) is 13.1. The minimum Gasteiger partial charge on any atom is -0.485 e. The van der Waals surface area contributed by atoms with Crippen molar-refractivity contribution in [1.82, 2.24) is 14.9 Å². The van der Waals surface area contributed by atoms with Crippen LogP contribution < -0.4 is 9.47 Å². The first-order valence-electron chi connectivity index (χ1n) is 9.26. The number of fused-ring (bicyclic) bond motifs is 2. The molecule has 0 saturated carbocycles. The summed E-state index contributed by atoms with van der Waals surface area (Å²) in [6.07, 6.45) is 0.0514. The van der Waals surface area contributed by atoms with Crippen LogP contribution in [0, 0.1) is 6.92 Å². The molecule has 1 atom stereocenters. The molecule has 0 radical (unpaired) electrons. The Kier molecular flexibility index (Phi) is 4.71. The molecule has 2 aromatic carbocycles. The number of ether oxygens (including phenoxy) is 2. The number of likely N-dealkylation sites (N-methyl/N-ethyl adjacent to an activating group) is 1. The fraction of sp³-hybridized carbons (Fsp3) is 0.333. The van der Waals surface area contributed by atoms with E-state index in [-0.39, 0.29) is 12.5 Å². The maximum Gasteiger partial charge on any atom is 0.267 e. The van der Waals surface area contributed by atoms with Gasteiger partial charge in [0.05, 0.1) is 11.0 Å². The molecule has 0 bridgehead atoms. The number of imidazole rings is 1. The monoisotopic (exact) mass is 365 g/mol. The standard InChI is InChI=1S/C21H23N3O3/c1-3-24(11-10-20-22-15-9-8-14(2)12-16(15)23-20)21(25)19-13-26-17-6-4-5-7-18(17)27-19/h4-9,12,19H,3,10-11,13H2,1-2H3,(H,22,23)/t19-/m1/s1. The van der Waals surface area contributed by atoms with Gasteiger partial charge in [-0.3, -0.25) is 4.79 Å². The lowest BCUT2D eigenvalue weighted by atomic mass is 10.2. The SMILES string of the molecule is CCN(CCc1nc2ccc(C)cc2[nH]1)C(=O)[C@H]1COc2ccccc2O1. The molecule has 3 aromatic rings. The van der Waals surface area contributed by atoms with Crippen molar-refractivity contribution in [3.8, 4) is 11.5 Å². The highest BCUT2D eigenvalue weighted by Crippen LogP contribution is 2.31. The lowest BCUT2D eigenvalue weighted by Crippen LogP contribution is -2.47. The zero-order chi connectivity index (χ0) is 18.8. The average molecular weight is 365 g/mol. The number of aryl methyl sites for hydroxylation is 1. The number of para-hydroxylation sites is 2. The summed E-state index contributed by atoms with van der Waals surface area (Å²) < 4.78 is 11.5. The molecular weight excluding hydrogens is 342 g/mol. The van der Waals surface area contributed by atoms with Gasteiger partial charge in [0.2, 0.25) is 6.10 Å². The maximum atomic E-state index is 12.9. The first kappa shape index (κ1) is 17.4. The number of hydrogen-bond acceptors (Lipinski definition) is 4. The lowest BCUT2D eigenvalue weighted by molar-refractivity contribution is -0.141. The molecular formula is C21H23N3O3. The number of aromatic amines is 1. The molecule has 1 N–H and O–H groups in total. The Balaban J connectivity index is 1.41. The minimum absolute atomic E-state index is 0.0565. The molecule has 1 aliphatic heterocycles. The quantitative estimate of drug-likeness (QED) is 0.754. The molecule has 1 aromatic heterocycles. The number of aromatic nitrogens is 2. The summed E-state index contributed by atoms with van der Waals surface area (Å²) in [7, 11) is 0. The van der Waals surface area contributed by atoms with Crippen molar-refractivity contribution in [3.63, 3.8) is 0 Å². The lowest BCUT2D eigenvalue weighted by Gasteiger charge is -2.30. The van der Waals surface area contributed by atoms with Gasteiger partial charge in [0, 0.05) is 19.5 Å². The third-order valence-corrected chi connectivity index (χ3v) is 4.78. The molecule has 4 rings (SSSR count). The molecule has 0 saturated heterocycles. The molecule has 1 amide bonds. The Morgan fingerprint density at radius 1 is 1.26 bits per heavy atom. The second kappa shape index (κ2) is 7.31. The van der Waals surface area contributed by atoms with Gasteiger partial charge in [0.15, 0.2) is 11.5 Å². The maximum absolute atomic E-state index is 12.9. The number of rotatable bonds is 5. The van der Waals surface area contributed by atoms with Crippen molar-refractivity contribution < 1.29 is 14.3 Å². The molecule has 0 aliphatic carbocycles. The van der Waals surface area contributed by atoms with Crippen LogP contribution in [-0.4, -0.2) is 46.6 Å². The molecule has 2 heterocycles. The van der Waals surface area contributed by atoms with Gasteiger partial charge in [-0.25, -0.2) is 4.98 Å². The Morgan fingerprint density at radius 3 is 2.89 bits per heavy atom. The van der Waals surface area contributed by atoms with Crippen LogP contribution in [0.25, 0.3) is 11.0 Å². The molecule has 0 fully saturated rings. The highest BCUT2D eigenvalue weighted by Gasteiger charge is 2.30. The molecule has 140 valence electrons. The second-order valence-electron chi connectivity index (χ2n) is 6.74. The van der Waals surface area contributed by atoms with Gasteiger partial charge in [-0.2, -0.15) is 0 Å². The van der Waals surface area contributed by atoms with Crippen LogP contribution in [0.2, 0.25) is 0 Å². The van der Waals surface area contributed by atoms with E-state index in [0.717, 1.165) is 16.9 Å². The van der Waals surface area contributed by atoms with Gasteiger partial charge >= 0.3 is 0 Å². The van der Waals surface area contributed by atoms with Gasteiger partial charge < -0.3 is 19.4 Å². The molecule has 0 unspecified atom stereocenters. The van der Waals surface area contributed by atoms with Crippen LogP contribution in [-0.2, 0) is 11.2 Å². The Labute approximate surface area is 158 Å². The van der Waals surface area contributed by atoms with E-state index < -0.39 is 6.10 Å². The summed E-state index contributed by atoms with van der Waals surface area (Å²) in [5.41, 5.74) is 3.17. The number of amides is 1. The van der Waals surface area contributed by atoms with Crippen molar-refractivity contribution in [2.75, 3.05) is 19.7 Å². The Bertz CT molecular complexity index is 966. The Morgan fingerprint density at radius 2 is 2.07 bits per heavy atom. The van der Waals surface area contributed by atoms with Crippen molar-refractivity contribution in [2.45, 2.75) is 26.4 Å². The Hall–Kier alpha value is -3.02. The number of benzene rings is 2. The molecule has 0 spiro atoms. The third kappa shape index (κ3) is 3.60. The van der Waals surface area contributed by atoms with E-state index in [0.29, 0.717) is 31.0 Å². The van der Waals surface area contributed by atoms with Gasteiger partial charge in [0.25, 0.3) is 5.91 Å². The van der Waals surface area contributed by atoms with E-state index in [2.05, 4.69) is 23.0 Å². The van der Waals surface area contributed by atoms with Gasteiger partial charge in [-0.05, 0) is 43.7 Å². The van der Waals surface area contributed by atoms with Gasteiger partial charge in [0.1, 0.15) is 12.4 Å². The van der Waals surface area contributed by atoms with E-state index in [1.165, 1.54) is 5.56 Å². The molecule has 27 heavy (non-hydrogen) atoms. The molecule has 1 aliphatic rings. The summed E-state index contributed by atoms with van der Waals surface area (Å²) in [5, 5.41) is 0. The van der Waals surface area contributed by atoms with Crippen LogP contribution in [0.4, 0.5) is 0 Å². The van der Waals surface area contributed by atoms with Gasteiger partial charge in [-0.15, -0.1) is 0 Å². The van der Waals surface area contributed by atoms with E-state index in [1.54, 1.807) is 4.90 Å². The summed E-state index contributed by atoms with van der Waals surface area (Å²) in [6, 6.07) is 13.6. The topological polar surface area (TPSA) is 67.5 Å². The predicted molar refractivity (Wildman–Crippen MR) is 103 cm³/mol. The van der Waals surface area contributed by atoms with Crippen molar-refractivity contribution >= 4 is 16.9 Å². The number of nitrogens with one attached hydrogen (secondary N) is 1.